The van der Waals surface area contributed by atoms with Crippen LogP contribution < -0.4 is 9.64 Å². The predicted molar refractivity (Wildman–Crippen MR) is 120 cm³/mol. The van der Waals surface area contributed by atoms with Gasteiger partial charge in [0, 0.05) is 11.1 Å². The average molecular weight is 425 g/mol. The Bertz CT molecular complexity index is 1360. The number of ketones is 1. The van der Waals surface area contributed by atoms with E-state index in [4.69, 9.17) is 9.15 Å². The third-order valence-electron chi connectivity index (χ3n) is 5.55. The van der Waals surface area contributed by atoms with Crippen molar-refractivity contribution in [1.29, 1.82) is 0 Å². The van der Waals surface area contributed by atoms with E-state index >= 15 is 0 Å². The van der Waals surface area contributed by atoms with E-state index in [0.717, 1.165) is 0 Å². The summed E-state index contributed by atoms with van der Waals surface area (Å²) >= 11 is 0. The number of hydrogen-bond acceptors (Lipinski definition) is 5. The second-order valence-corrected chi connectivity index (χ2v) is 7.40. The Labute approximate surface area is 184 Å². The number of carbonyl (C=O) groups is 2. The Hall–Kier alpha value is -4.32. The molecule has 32 heavy (non-hydrogen) atoms. The number of fused-ring (bicyclic) bond motifs is 1. The highest BCUT2D eigenvalue weighted by Gasteiger charge is 2.45. The van der Waals surface area contributed by atoms with E-state index in [0.29, 0.717) is 28.0 Å². The largest absolute Gasteiger partial charge is 0.503 e. The molecule has 4 aromatic rings. The summed E-state index contributed by atoms with van der Waals surface area (Å²) in [5.74, 6) is -1.26. The standard InChI is InChI=1S/C26H19NO5/c1-31-19-14-8-11-17-15-20(32-25(17)19)23(28)21-22(16-9-4-2-5-10-16)27(26(30)24(21)29)18-12-6-3-7-13-18/h2-15,22,29H,1H3. The van der Waals surface area contributed by atoms with Crippen LogP contribution in [0.1, 0.15) is 22.2 Å². The number of ether oxygens (including phenoxy) is 1. The molecule has 1 N–H and O–H groups in total. The summed E-state index contributed by atoms with van der Waals surface area (Å²) < 4.78 is 11.1. The van der Waals surface area contributed by atoms with Crippen LogP contribution in [0.5, 0.6) is 5.75 Å². The molecule has 0 saturated carbocycles. The van der Waals surface area contributed by atoms with E-state index in [1.165, 1.54) is 12.0 Å². The molecule has 6 nitrogen and oxygen atoms in total. The van der Waals surface area contributed by atoms with Gasteiger partial charge in [0.2, 0.25) is 5.78 Å². The molecule has 1 amide bonds. The van der Waals surface area contributed by atoms with Gasteiger partial charge in [0.15, 0.2) is 22.9 Å². The molecule has 1 aromatic heterocycles. The van der Waals surface area contributed by atoms with Crippen LogP contribution in [0, 0.1) is 0 Å². The van der Waals surface area contributed by atoms with Gasteiger partial charge in [-0.1, -0.05) is 60.7 Å². The van der Waals surface area contributed by atoms with Gasteiger partial charge in [-0.15, -0.1) is 0 Å². The summed E-state index contributed by atoms with van der Waals surface area (Å²) in [6, 6.07) is 24.2. The van der Waals surface area contributed by atoms with E-state index in [9.17, 15) is 14.7 Å². The maximum atomic E-state index is 13.6. The van der Waals surface area contributed by atoms with Crippen LogP contribution in [0.15, 0.2) is 101 Å². The Kier molecular flexibility index (Phi) is 4.75. The van der Waals surface area contributed by atoms with Crippen molar-refractivity contribution in [2.75, 3.05) is 12.0 Å². The van der Waals surface area contributed by atoms with Crippen molar-refractivity contribution in [2.24, 2.45) is 0 Å². The van der Waals surface area contributed by atoms with Gasteiger partial charge < -0.3 is 14.3 Å². The normalized spacial score (nSPS) is 16.1. The minimum absolute atomic E-state index is 0.0229. The van der Waals surface area contributed by atoms with Crippen LogP contribution in [0.25, 0.3) is 11.0 Å². The van der Waals surface area contributed by atoms with Crippen LogP contribution in [0.4, 0.5) is 5.69 Å². The number of amides is 1. The Morgan fingerprint density at radius 1 is 0.969 bits per heavy atom. The van der Waals surface area contributed by atoms with Crippen LogP contribution in [0.2, 0.25) is 0 Å². The molecule has 1 aliphatic heterocycles. The average Bonchev–Trinajstić information content (AvgIpc) is 3.39. The van der Waals surface area contributed by atoms with Gasteiger partial charge in [-0.2, -0.15) is 0 Å². The summed E-state index contributed by atoms with van der Waals surface area (Å²) in [5.41, 5.74) is 1.68. The number of aliphatic hydroxyl groups is 1. The zero-order chi connectivity index (χ0) is 22.2. The number of aliphatic hydroxyl groups excluding tert-OH is 1. The molecule has 0 aliphatic carbocycles. The SMILES string of the molecule is COc1cccc2cc(C(=O)C3=C(O)C(=O)N(c4ccccc4)C3c3ccccc3)oc12. The molecule has 5 rings (SSSR count). The number of anilines is 1. The van der Waals surface area contributed by atoms with Gasteiger partial charge in [-0.05, 0) is 29.8 Å². The molecule has 0 saturated heterocycles. The highest BCUT2D eigenvalue weighted by molar-refractivity contribution is 6.20. The minimum atomic E-state index is -0.797. The molecule has 0 fully saturated rings. The van der Waals surface area contributed by atoms with Crippen molar-refractivity contribution in [3.63, 3.8) is 0 Å². The lowest BCUT2D eigenvalue weighted by atomic mass is 9.95. The van der Waals surface area contributed by atoms with Gasteiger partial charge in [-0.3, -0.25) is 14.5 Å². The van der Waals surface area contributed by atoms with E-state index in [1.54, 1.807) is 48.5 Å². The van der Waals surface area contributed by atoms with Crippen LogP contribution >= 0.6 is 0 Å². The topological polar surface area (TPSA) is 80.0 Å². The summed E-state index contributed by atoms with van der Waals surface area (Å²) in [6.45, 7) is 0. The lowest BCUT2D eigenvalue weighted by Crippen LogP contribution is -2.30. The zero-order valence-corrected chi connectivity index (χ0v) is 17.2. The molecule has 1 atom stereocenters. The highest BCUT2D eigenvalue weighted by Crippen LogP contribution is 2.42. The Morgan fingerprint density at radius 2 is 1.66 bits per heavy atom. The fourth-order valence-electron chi connectivity index (χ4n) is 4.08. The number of rotatable bonds is 5. The van der Waals surface area contributed by atoms with Crippen molar-refractivity contribution in [3.05, 3.63) is 108 Å². The lowest BCUT2D eigenvalue weighted by Gasteiger charge is -2.26. The molecular formula is C26H19NO5. The highest BCUT2D eigenvalue weighted by atomic mass is 16.5. The lowest BCUT2D eigenvalue weighted by molar-refractivity contribution is -0.117. The molecule has 0 spiro atoms. The number of nitrogens with zero attached hydrogens (tertiary/aromatic N) is 1. The number of methoxy groups -OCH3 is 1. The van der Waals surface area contributed by atoms with Crippen molar-refractivity contribution in [3.8, 4) is 5.75 Å². The summed E-state index contributed by atoms with van der Waals surface area (Å²) in [6.07, 6.45) is 0. The van der Waals surface area contributed by atoms with Crippen molar-refractivity contribution in [1.82, 2.24) is 0 Å². The van der Waals surface area contributed by atoms with Crippen molar-refractivity contribution in [2.45, 2.75) is 6.04 Å². The molecule has 0 bridgehead atoms. The van der Waals surface area contributed by atoms with Gasteiger partial charge >= 0.3 is 0 Å². The monoisotopic (exact) mass is 425 g/mol. The van der Waals surface area contributed by atoms with Crippen LogP contribution in [-0.4, -0.2) is 23.9 Å². The second kappa shape index (κ2) is 7.74. The molecule has 1 unspecified atom stereocenters. The van der Waals surface area contributed by atoms with E-state index in [2.05, 4.69) is 0 Å². The van der Waals surface area contributed by atoms with Gasteiger partial charge in [0.1, 0.15) is 0 Å². The maximum absolute atomic E-state index is 13.6. The fourth-order valence-corrected chi connectivity index (χ4v) is 4.08. The van der Waals surface area contributed by atoms with Gasteiger partial charge in [0.25, 0.3) is 5.91 Å². The molecule has 3 aromatic carbocycles. The van der Waals surface area contributed by atoms with E-state index in [1.807, 2.05) is 36.4 Å². The quantitative estimate of drug-likeness (QED) is 0.443. The number of carbonyl (C=O) groups excluding carboxylic acids is 2. The fraction of sp³-hybridized carbons (Fsp3) is 0.0769. The number of Topliss-reactive ketones (excluding diaryl/α,β-unsaturated/α-hetero) is 1. The minimum Gasteiger partial charge on any atom is -0.503 e. The maximum Gasteiger partial charge on any atom is 0.294 e. The first-order chi connectivity index (χ1) is 15.6. The Morgan fingerprint density at radius 3 is 2.34 bits per heavy atom. The molecular weight excluding hydrogens is 406 g/mol. The van der Waals surface area contributed by atoms with Gasteiger partial charge in [0.05, 0.1) is 18.7 Å². The van der Waals surface area contributed by atoms with Crippen LogP contribution in [-0.2, 0) is 4.79 Å². The van der Waals surface area contributed by atoms with Crippen molar-refractivity contribution >= 4 is 28.3 Å². The summed E-state index contributed by atoms with van der Waals surface area (Å²) in [4.78, 5) is 28.2. The smallest absolute Gasteiger partial charge is 0.294 e. The molecule has 0 radical (unpaired) electrons. The first-order valence-corrected chi connectivity index (χ1v) is 10.1. The molecule has 2 heterocycles. The first kappa shape index (κ1) is 19.6. The summed E-state index contributed by atoms with van der Waals surface area (Å²) in [7, 11) is 1.52. The first-order valence-electron chi connectivity index (χ1n) is 10.1. The molecule has 1 aliphatic rings. The summed E-state index contributed by atoms with van der Waals surface area (Å²) in [5, 5.41) is 11.5. The predicted octanol–water partition coefficient (Wildman–Crippen LogP) is 5.22. The molecule has 6 heteroatoms. The van der Waals surface area contributed by atoms with E-state index < -0.39 is 23.5 Å². The second-order valence-electron chi connectivity index (χ2n) is 7.40. The number of benzene rings is 3. The van der Waals surface area contributed by atoms with Crippen molar-refractivity contribution < 1.29 is 23.8 Å². The number of hydrogen-bond donors (Lipinski definition) is 1. The molecule has 158 valence electrons. The number of para-hydroxylation sites is 2. The number of furan rings is 1. The van der Waals surface area contributed by atoms with E-state index in [-0.39, 0.29) is 11.3 Å². The van der Waals surface area contributed by atoms with Gasteiger partial charge in [-0.25, -0.2) is 0 Å². The third kappa shape index (κ3) is 3.04. The third-order valence-corrected chi connectivity index (χ3v) is 5.55. The zero-order valence-electron chi connectivity index (χ0n) is 17.2. The Balaban J connectivity index is 1.66. The van der Waals surface area contributed by atoms with Crippen LogP contribution in [0.3, 0.4) is 0 Å².